The summed E-state index contributed by atoms with van der Waals surface area (Å²) in [6.07, 6.45) is -3.69. The zero-order valence-corrected chi connectivity index (χ0v) is 20.4. The summed E-state index contributed by atoms with van der Waals surface area (Å²) in [7, 11) is 0. The maximum atomic E-state index is 14.3. The second-order valence-electron chi connectivity index (χ2n) is 8.60. The molecule has 4 nitrogen and oxygen atoms in total. The lowest BCUT2D eigenvalue weighted by atomic mass is 9.79. The molecule has 2 aromatic carbocycles. The number of Topliss-reactive ketones (excluding diaryl/α,β-unsaturated/α-hetero) is 1. The van der Waals surface area contributed by atoms with Crippen molar-refractivity contribution < 1.29 is 22.8 Å². The quantitative estimate of drug-likeness (QED) is 0.473. The minimum Gasteiger partial charge on any atom is -0.370 e. The molecule has 1 N–H and O–H groups in total. The predicted molar refractivity (Wildman–Crippen MR) is 125 cm³/mol. The fourth-order valence-electron chi connectivity index (χ4n) is 4.44. The van der Waals surface area contributed by atoms with E-state index in [9.17, 15) is 22.8 Å². The maximum Gasteiger partial charge on any atom is 0.400 e. The van der Waals surface area contributed by atoms with Gasteiger partial charge in [0.15, 0.2) is 0 Å². The van der Waals surface area contributed by atoms with Crippen molar-refractivity contribution in [2.45, 2.75) is 30.9 Å². The third-order valence-corrected chi connectivity index (χ3v) is 7.47. The molecule has 0 radical (unpaired) electrons. The van der Waals surface area contributed by atoms with Crippen molar-refractivity contribution in [2.24, 2.45) is 5.92 Å². The molecule has 176 valence electrons. The van der Waals surface area contributed by atoms with Gasteiger partial charge in [-0.15, -0.1) is 0 Å². The highest BCUT2D eigenvalue weighted by molar-refractivity contribution is 9.10. The Bertz CT molecular complexity index is 1080. The number of ketones is 1. The van der Waals surface area contributed by atoms with Crippen LogP contribution in [-0.4, -0.2) is 37.5 Å². The van der Waals surface area contributed by atoms with Crippen LogP contribution in [0.25, 0.3) is 0 Å². The summed E-state index contributed by atoms with van der Waals surface area (Å²) in [5, 5.41) is 3.12. The molecular weight excluding hydrogens is 544 g/mol. The topological polar surface area (TPSA) is 49.4 Å². The molecule has 1 saturated carbocycles. The van der Waals surface area contributed by atoms with E-state index in [0.717, 1.165) is 0 Å². The minimum absolute atomic E-state index is 0.0412. The maximum absolute atomic E-state index is 14.3. The van der Waals surface area contributed by atoms with Crippen LogP contribution in [-0.2, 0) is 10.2 Å². The van der Waals surface area contributed by atoms with Crippen LogP contribution in [0.3, 0.4) is 0 Å². The first-order chi connectivity index (χ1) is 15.5. The number of halogens is 6. The molecule has 0 spiro atoms. The molecule has 2 aliphatic rings. The number of benzene rings is 2. The Morgan fingerprint density at radius 1 is 1.15 bits per heavy atom. The third kappa shape index (κ3) is 4.88. The summed E-state index contributed by atoms with van der Waals surface area (Å²) >= 11 is 15.4. The monoisotopic (exact) mass is 562 g/mol. The SMILES string of the molecule is O=C1CC(CNC(=O)c2ccc(N3CCC(c4cc(Cl)cc(Cl)c4)(C(F)(F)F)C3)cc2Br)C1. The molecule has 1 unspecified atom stereocenters. The smallest absolute Gasteiger partial charge is 0.370 e. The van der Waals surface area contributed by atoms with E-state index < -0.39 is 11.6 Å². The van der Waals surface area contributed by atoms with E-state index in [2.05, 4.69) is 21.2 Å². The molecule has 1 aliphatic heterocycles. The summed E-state index contributed by atoms with van der Waals surface area (Å²) < 4.78 is 43.4. The molecule has 1 saturated heterocycles. The number of nitrogens with zero attached hydrogens (tertiary/aromatic N) is 1. The van der Waals surface area contributed by atoms with Gasteiger partial charge in [-0.25, -0.2) is 0 Å². The first kappa shape index (κ1) is 24.4. The highest BCUT2D eigenvalue weighted by atomic mass is 79.9. The van der Waals surface area contributed by atoms with Crippen LogP contribution in [0.2, 0.25) is 10.0 Å². The first-order valence-corrected chi connectivity index (χ1v) is 11.9. The van der Waals surface area contributed by atoms with Crippen LogP contribution >= 0.6 is 39.1 Å². The van der Waals surface area contributed by atoms with E-state index in [0.29, 0.717) is 35.1 Å². The van der Waals surface area contributed by atoms with Gasteiger partial charge in [0.25, 0.3) is 5.91 Å². The summed E-state index contributed by atoms with van der Waals surface area (Å²) in [5.74, 6) is 0.0624. The number of amides is 1. The van der Waals surface area contributed by atoms with Crippen molar-refractivity contribution in [1.29, 1.82) is 0 Å². The minimum atomic E-state index is -4.50. The van der Waals surface area contributed by atoms with Crippen LogP contribution in [0.5, 0.6) is 0 Å². The van der Waals surface area contributed by atoms with Gasteiger partial charge in [-0.3, -0.25) is 9.59 Å². The summed E-state index contributed by atoms with van der Waals surface area (Å²) in [6.45, 7) is 0.305. The number of anilines is 1. The molecule has 1 atom stereocenters. The van der Waals surface area contributed by atoms with Crippen LogP contribution in [0.1, 0.15) is 35.2 Å². The second kappa shape index (κ2) is 9.12. The average Bonchev–Trinajstić information content (AvgIpc) is 3.16. The Balaban J connectivity index is 1.53. The second-order valence-corrected chi connectivity index (χ2v) is 10.3. The summed E-state index contributed by atoms with van der Waals surface area (Å²) in [5.41, 5.74) is -1.11. The number of hydrogen-bond donors (Lipinski definition) is 1. The van der Waals surface area contributed by atoms with Crippen LogP contribution in [0.15, 0.2) is 40.9 Å². The van der Waals surface area contributed by atoms with Crippen LogP contribution in [0.4, 0.5) is 18.9 Å². The number of carbonyl (C=O) groups excluding carboxylic acids is 2. The van der Waals surface area contributed by atoms with E-state index in [1.165, 1.54) is 18.2 Å². The molecule has 0 bridgehead atoms. The normalized spacial score (nSPS) is 21.3. The van der Waals surface area contributed by atoms with Crippen molar-refractivity contribution in [3.05, 3.63) is 62.0 Å². The zero-order chi connectivity index (χ0) is 24.0. The number of hydrogen-bond acceptors (Lipinski definition) is 3. The Morgan fingerprint density at radius 3 is 2.39 bits per heavy atom. The van der Waals surface area contributed by atoms with Gasteiger partial charge < -0.3 is 10.2 Å². The van der Waals surface area contributed by atoms with Gasteiger partial charge in [-0.05, 0) is 70.2 Å². The predicted octanol–water partition coefficient (Wildman–Crippen LogP) is 6.18. The lowest BCUT2D eigenvalue weighted by Crippen LogP contribution is -2.44. The van der Waals surface area contributed by atoms with E-state index in [-0.39, 0.29) is 52.7 Å². The van der Waals surface area contributed by atoms with Crippen molar-refractivity contribution in [2.75, 3.05) is 24.5 Å². The number of rotatable bonds is 5. The van der Waals surface area contributed by atoms with Gasteiger partial charge in [0.1, 0.15) is 11.2 Å². The molecular formula is C23H20BrCl2F3N2O2. The molecule has 2 aromatic rings. The third-order valence-electron chi connectivity index (χ3n) is 6.37. The Morgan fingerprint density at radius 2 is 1.82 bits per heavy atom. The fourth-order valence-corrected chi connectivity index (χ4v) is 5.51. The first-order valence-electron chi connectivity index (χ1n) is 10.4. The van der Waals surface area contributed by atoms with E-state index >= 15 is 0 Å². The summed E-state index contributed by atoms with van der Waals surface area (Å²) in [6, 6.07) is 8.94. The van der Waals surface area contributed by atoms with Crippen molar-refractivity contribution in [3.8, 4) is 0 Å². The Hall–Kier alpha value is -1.77. The standard InChI is InChI=1S/C23H20BrCl2F3N2O2/c24-20-10-17(1-2-19(20)21(33)30-11-13-5-18(32)6-13)31-4-3-22(12-31,23(27,28)29)14-7-15(25)9-16(26)8-14/h1-2,7-10,13H,3-6,11-12H2,(H,30,33). The lowest BCUT2D eigenvalue weighted by Gasteiger charge is -2.33. The van der Waals surface area contributed by atoms with Gasteiger partial charge in [0, 0.05) is 52.7 Å². The van der Waals surface area contributed by atoms with Crippen molar-refractivity contribution in [3.63, 3.8) is 0 Å². The van der Waals surface area contributed by atoms with Crippen LogP contribution in [0, 0.1) is 5.92 Å². The van der Waals surface area contributed by atoms with E-state index in [4.69, 9.17) is 23.2 Å². The largest absolute Gasteiger partial charge is 0.400 e. The average molecular weight is 564 g/mol. The molecule has 1 amide bonds. The molecule has 1 heterocycles. The zero-order valence-electron chi connectivity index (χ0n) is 17.3. The highest BCUT2D eigenvalue weighted by Gasteiger charge is 2.59. The van der Waals surface area contributed by atoms with Gasteiger partial charge >= 0.3 is 6.18 Å². The Kier molecular flexibility index (Phi) is 6.73. The fraction of sp³-hybridized carbons (Fsp3) is 0.391. The van der Waals surface area contributed by atoms with Crippen molar-refractivity contribution >= 4 is 56.5 Å². The van der Waals surface area contributed by atoms with Crippen LogP contribution < -0.4 is 10.2 Å². The lowest BCUT2D eigenvalue weighted by molar-refractivity contribution is -0.184. The molecule has 33 heavy (non-hydrogen) atoms. The highest BCUT2D eigenvalue weighted by Crippen LogP contribution is 2.49. The van der Waals surface area contributed by atoms with Gasteiger partial charge in [-0.2, -0.15) is 13.2 Å². The van der Waals surface area contributed by atoms with Gasteiger partial charge in [0.2, 0.25) is 0 Å². The molecule has 10 heteroatoms. The molecule has 4 rings (SSSR count). The molecule has 1 aliphatic carbocycles. The van der Waals surface area contributed by atoms with E-state index in [1.54, 1.807) is 23.1 Å². The van der Waals surface area contributed by atoms with Crippen molar-refractivity contribution in [1.82, 2.24) is 5.32 Å². The van der Waals surface area contributed by atoms with Gasteiger partial charge in [0.05, 0.1) is 5.56 Å². The summed E-state index contributed by atoms with van der Waals surface area (Å²) in [4.78, 5) is 25.2. The molecule has 2 fully saturated rings. The number of alkyl halides is 3. The molecule has 0 aromatic heterocycles. The number of carbonyl (C=O) groups is 2. The Labute approximate surface area is 207 Å². The van der Waals surface area contributed by atoms with Gasteiger partial charge in [-0.1, -0.05) is 23.2 Å². The number of nitrogens with one attached hydrogen (secondary N) is 1. The van der Waals surface area contributed by atoms with E-state index in [1.807, 2.05) is 0 Å².